The smallest absolute Gasteiger partial charge is 0.338 e. The Bertz CT molecular complexity index is 705. The summed E-state index contributed by atoms with van der Waals surface area (Å²) in [5.41, 5.74) is 0.899. The highest BCUT2D eigenvalue weighted by Gasteiger charge is 2.13. The van der Waals surface area contributed by atoms with Crippen molar-refractivity contribution in [1.29, 1.82) is 0 Å². The number of aryl methyl sites for hydroxylation is 1. The van der Waals surface area contributed by atoms with E-state index in [0.29, 0.717) is 16.3 Å². The van der Waals surface area contributed by atoms with Gasteiger partial charge in [0.05, 0.1) is 21.3 Å². The minimum absolute atomic E-state index is 0.171. The molecule has 0 spiro atoms. The summed E-state index contributed by atoms with van der Waals surface area (Å²) in [6, 6.07) is 9.87. The zero-order chi connectivity index (χ0) is 16.1. The lowest BCUT2D eigenvalue weighted by Gasteiger charge is -2.09. The Labute approximate surface area is 137 Å². The average Bonchev–Trinajstić information content (AvgIpc) is 2.51. The van der Waals surface area contributed by atoms with Crippen molar-refractivity contribution in [1.82, 2.24) is 4.98 Å². The number of hydrogen-bond acceptors (Lipinski definition) is 4. The number of ether oxygens (including phenoxy) is 1. The Morgan fingerprint density at radius 2 is 1.86 bits per heavy atom. The summed E-state index contributed by atoms with van der Waals surface area (Å²) in [6.07, 6.45) is 0. The summed E-state index contributed by atoms with van der Waals surface area (Å²) >= 11 is 11.8. The van der Waals surface area contributed by atoms with Crippen LogP contribution in [0.1, 0.15) is 16.1 Å². The molecule has 0 bridgehead atoms. The van der Waals surface area contributed by atoms with Gasteiger partial charge in [-0.05, 0) is 25.1 Å². The predicted molar refractivity (Wildman–Crippen MR) is 84.3 cm³/mol. The Hall–Kier alpha value is -2.11. The molecular formula is C15H12Cl2N2O3. The molecule has 22 heavy (non-hydrogen) atoms. The van der Waals surface area contributed by atoms with E-state index in [1.54, 1.807) is 37.3 Å². The molecule has 0 radical (unpaired) electrons. The van der Waals surface area contributed by atoms with E-state index in [-0.39, 0.29) is 10.8 Å². The second kappa shape index (κ2) is 7.24. The van der Waals surface area contributed by atoms with Gasteiger partial charge in [0.1, 0.15) is 0 Å². The molecule has 0 saturated heterocycles. The van der Waals surface area contributed by atoms with E-state index in [1.165, 1.54) is 6.07 Å². The number of esters is 1. The highest BCUT2D eigenvalue weighted by atomic mass is 35.5. The number of hydrogen-bond donors (Lipinski definition) is 1. The van der Waals surface area contributed by atoms with E-state index in [0.717, 1.165) is 0 Å². The number of benzene rings is 1. The number of carbonyl (C=O) groups is 2. The molecule has 1 amide bonds. The van der Waals surface area contributed by atoms with Crippen molar-refractivity contribution in [2.45, 2.75) is 6.92 Å². The highest BCUT2D eigenvalue weighted by molar-refractivity contribution is 6.36. The quantitative estimate of drug-likeness (QED) is 0.866. The van der Waals surface area contributed by atoms with Gasteiger partial charge in [-0.2, -0.15) is 0 Å². The van der Waals surface area contributed by atoms with Gasteiger partial charge in [0.2, 0.25) is 0 Å². The maximum atomic E-state index is 11.8. The summed E-state index contributed by atoms with van der Waals surface area (Å²) in [6.45, 7) is 1.25. The molecule has 2 aromatic rings. The number of anilines is 1. The SMILES string of the molecule is Cc1nc(NC(=O)COC(=O)c2ccccc2)c(Cl)cc1Cl. The van der Waals surface area contributed by atoms with E-state index < -0.39 is 18.5 Å². The van der Waals surface area contributed by atoms with Gasteiger partial charge >= 0.3 is 5.97 Å². The summed E-state index contributed by atoms with van der Waals surface area (Å²) in [4.78, 5) is 27.5. The third-order valence-corrected chi connectivity index (χ3v) is 3.38. The van der Waals surface area contributed by atoms with Crippen molar-refractivity contribution < 1.29 is 14.3 Å². The molecule has 0 fully saturated rings. The Morgan fingerprint density at radius 1 is 1.18 bits per heavy atom. The van der Waals surface area contributed by atoms with Crippen LogP contribution in [0, 0.1) is 6.92 Å². The molecule has 1 aromatic carbocycles. The predicted octanol–water partition coefficient (Wildman–Crippen LogP) is 3.49. The van der Waals surface area contributed by atoms with Crippen LogP contribution in [-0.4, -0.2) is 23.5 Å². The molecule has 0 saturated carbocycles. The lowest BCUT2D eigenvalue weighted by Crippen LogP contribution is -2.21. The van der Waals surface area contributed by atoms with Crippen LogP contribution in [0.4, 0.5) is 5.82 Å². The Kier molecular flexibility index (Phi) is 5.35. The minimum Gasteiger partial charge on any atom is -0.452 e. The van der Waals surface area contributed by atoms with Gasteiger partial charge in [0.25, 0.3) is 5.91 Å². The van der Waals surface area contributed by atoms with Gasteiger partial charge in [-0.3, -0.25) is 4.79 Å². The van der Waals surface area contributed by atoms with Crippen molar-refractivity contribution in [2.75, 3.05) is 11.9 Å². The molecule has 7 heteroatoms. The lowest BCUT2D eigenvalue weighted by molar-refractivity contribution is -0.119. The van der Waals surface area contributed by atoms with Crippen LogP contribution in [0.5, 0.6) is 0 Å². The number of aromatic nitrogens is 1. The Balaban J connectivity index is 1.94. The number of amides is 1. The molecule has 0 aliphatic heterocycles. The van der Waals surface area contributed by atoms with Crippen LogP contribution in [0.25, 0.3) is 0 Å². The first-order valence-electron chi connectivity index (χ1n) is 6.32. The minimum atomic E-state index is -0.581. The topological polar surface area (TPSA) is 68.3 Å². The molecule has 1 aromatic heterocycles. The number of carbonyl (C=O) groups excluding carboxylic acids is 2. The van der Waals surface area contributed by atoms with Crippen LogP contribution in [0.15, 0.2) is 36.4 Å². The molecule has 0 aliphatic rings. The van der Waals surface area contributed by atoms with E-state index in [1.807, 2.05) is 0 Å². The van der Waals surface area contributed by atoms with Crippen molar-refractivity contribution in [3.8, 4) is 0 Å². The molecule has 1 N–H and O–H groups in total. The molecule has 0 atom stereocenters. The number of halogens is 2. The molecule has 0 aliphatic carbocycles. The number of pyridine rings is 1. The van der Waals surface area contributed by atoms with Gasteiger partial charge in [-0.15, -0.1) is 0 Å². The van der Waals surface area contributed by atoms with Crippen LogP contribution in [-0.2, 0) is 9.53 Å². The standard InChI is InChI=1S/C15H12Cl2N2O3/c1-9-11(16)7-12(17)14(18-9)19-13(20)8-22-15(21)10-5-3-2-4-6-10/h2-7H,8H2,1H3,(H,18,19,20). The van der Waals surface area contributed by atoms with Gasteiger partial charge in [0, 0.05) is 0 Å². The van der Waals surface area contributed by atoms with Gasteiger partial charge in [0.15, 0.2) is 12.4 Å². The van der Waals surface area contributed by atoms with Crippen molar-refractivity contribution in [3.05, 3.63) is 57.7 Å². The van der Waals surface area contributed by atoms with Crippen LogP contribution >= 0.6 is 23.2 Å². The molecule has 1 heterocycles. The summed E-state index contributed by atoms with van der Waals surface area (Å²) in [5.74, 6) is -0.952. The fraction of sp³-hybridized carbons (Fsp3) is 0.133. The van der Waals surface area contributed by atoms with Gasteiger partial charge in [-0.1, -0.05) is 41.4 Å². The molecule has 0 unspecified atom stereocenters. The molecule has 114 valence electrons. The highest BCUT2D eigenvalue weighted by Crippen LogP contribution is 2.25. The summed E-state index contributed by atoms with van der Waals surface area (Å²) in [7, 11) is 0. The summed E-state index contributed by atoms with van der Waals surface area (Å²) in [5, 5.41) is 3.08. The largest absolute Gasteiger partial charge is 0.452 e. The normalized spacial score (nSPS) is 10.1. The fourth-order valence-electron chi connectivity index (χ4n) is 1.60. The first-order valence-corrected chi connectivity index (χ1v) is 7.07. The van der Waals surface area contributed by atoms with E-state index in [2.05, 4.69) is 10.3 Å². The lowest BCUT2D eigenvalue weighted by atomic mass is 10.2. The van der Waals surface area contributed by atoms with Gasteiger partial charge in [-0.25, -0.2) is 9.78 Å². The maximum absolute atomic E-state index is 11.8. The molecule has 5 nitrogen and oxygen atoms in total. The van der Waals surface area contributed by atoms with Crippen molar-refractivity contribution >= 4 is 40.9 Å². The zero-order valence-electron chi connectivity index (χ0n) is 11.6. The van der Waals surface area contributed by atoms with Crippen LogP contribution in [0.2, 0.25) is 10.0 Å². The third kappa shape index (κ3) is 4.19. The first-order chi connectivity index (χ1) is 10.5. The zero-order valence-corrected chi connectivity index (χ0v) is 13.1. The van der Waals surface area contributed by atoms with E-state index in [4.69, 9.17) is 27.9 Å². The summed E-state index contributed by atoms with van der Waals surface area (Å²) < 4.78 is 4.91. The van der Waals surface area contributed by atoms with E-state index >= 15 is 0 Å². The van der Waals surface area contributed by atoms with Gasteiger partial charge < -0.3 is 10.1 Å². The third-order valence-electron chi connectivity index (χ3n) is 2.71. The van der Waals surface area contributed by atoms with Crippen LogP contribution < -0.4 is 5.32 Å². The van der Waals surface area contributed by atoms with Crippen LogP contribution in [0.3, 0.4) is 0 Å². The molecular weight excluding hydrogens is 327 g/mol. The monoisotopic (exact) mass is 338 g/mol. The molecule has 2 rings (SSSR count). The second-order valence-electron chi connectivity index (χ2n) is 4.38. The Morgan fingerprint density at radius 3 is 2.55 bits per heavy atom. The number of rotatable bonds is 4. The average molecular weight is 339 g/mol. The van der Waals surface area contributed by atoms with Crippen molar-refractivity contribution in [3.63, 3.8) is 0 Å². The first kappa shape index (κ1) is 16.3. The maximum Gasteiger partial charge on any atom is 0.338 e. The van der Waals surface area contributed by atoms with Crippen molar-refractivity contribution in [2.24, 2.45) is 0 Å². The number of nitrogens with one attached hydrogen (secondary N) is 1. The fourth-order valence-corrected chi connectivity index (χ4v) is 2.01. The second-order valence-corrected chi connectivity index (χ2v) is 5.19. The number of nitrogens with zero attached hydrogens (tertiary/aromatic N) is 1. The van der Waals surface area contributed by atoms with E-state index in [9.17, 15) is 9.59 Å².